The van der Waals surface area contributed by atoms with Crippen molar-refractivity contribution in [2.24, 2.45) is 5.92 Å². The zero-order valence-electron chi connectivity index (χ0n) is 8.49. The third-order valence-electron chi connectivity index (χ3n) is 2.91. The Kier molecular flexibility index (Phi) is 3.16. The zero-order valence-corrected chi connectivity index (χ0v) is 8.49. The van der Waals surface area contributed by atoms with E-state index in [1.807, 2.05) is 0 Å². The molecule has 4 heteroatoms. The standard InChI is InChI=1S/C11H15FN2O/c12-9-4-2-6-13-11(9)14-7-8-3-1-5-10(8)15/h2,4,6,8,10,15H,1,3,5,7H2,(H,13,14). The van der Waals surface area contributed by atoms with Gasteiger partial charge in [0.15, 0.2) is 11.6 Å². The number of hydrogen-bond acceptors (Lipinski definition) is 3. The summed E-state index contributed by atoms with van der Waals surface area (Å²) in [5, 5.41) is 12.5. The lowest BCUT2D eigenvalue weighted by Crippen LogP contribution is -2.22. The Morgan fingerprint density at radius 1 is 1.53 bits per heavy atom. The van der Waals surface area contributed by atoms with E-state index in [1.165, 1.54) is 6.07 Å². The van der Waals surface area contributed by atoms with Gasteiger partial charge in [0.2, 0.25) is 0 Å². The maximum atomic E-state index is 13.2. The van der Waals surface area contributed by atoms with E-state index in [0.717, 1.165) is 19.3 Å². The quantitative estimate of drug-likeness (QED) is 0.799. The number of aliphatic hydroxyl groups excluding tert-OH is 1. The molecule has 1 aliphatic rings. The van der Waals surface area contributed by atoms with Crippen molar-refractivity contribution in [2.45, 2.75) is 25.4 Å². The highest BCUT2D eigenvalue weighted by Crippen LogP contribution is 2.25. The predicted molar refractivity (Wildman–Crippen MR) is 56.0 cm³/mol. The van der Waals surface area contributed by atoms with Crippen LogP contribution in [-0.4, -0.2) is 22.7 Å². The van der Waals surface area contributed by atoms with Gasteiger partial charge in [0, 0.05) is 18.7 Å². The van der Waals surface area contributed by atoms with Gasteiger partial charge >= 0.3 is 0 Å². The molecule has 0 radical (unpaired) electrons. The normalized spacial score (nSPS) is 25.5. The van der Waals surface area contributed by atoms with Crippen LogP contribution in [0.3, 0.4) is 0 Å². The van der Waals surface area contributed by atoms with E-state index < -0.39 is 0 Å². The second kappa shape index (κ2) is 4.57. The first-order valence-corrected chi connectivity index (χ1v) is 5.30. The lowest BCUT2D eigenvalue weighted by Gasteiger charge is -2.15. The highest BCUT2D eigenvalue weighted by atomic mass is 19.1. The molecule has 1 aliphatic carbocycles. The first kappa shape index (κ1) is 10.4. The van der Waals surface area contributed by atoms with Crippen molar-refractivity contribution in [3.8, 4) is 0 Å². The minimum atomic E-state index is -0.343. The molecular weight excluding hydrogens is 195 g/mol. The minimum Gasteiger partial charge on any atom is -0.393 e. The van der Waals surface area contributed by atoms with Gasteiger partial charge < -0.3 is 10.4 Å². The summed E-state index contributed by atoms with van der Waals surface area (Å²) in [6.45, 7) is 0.592. The van der Waals surface area contributed by atoms with E-state index in [9.17, 15) is 9.50 Å². The maximum absolute atomic E-state index is 13.2. The van der Waals surface area contributed by atoms with Crippen LogP contribution in [0.4, 0.5) is 10.2 Å². The van der Waals surface area contributed by atoms with Crippen molar-refractivity contribution in [1.29, 1.82) is 0 Å². The summed E-state index contributed by atoms with van der Waals surface area (Å²) in [6.07, 6.45) is 4.22. The van der Waals surface area contributed by atoms with E-state index in [-0.39, 0.29) is 23.7 Å². The lowest BCUT2D eigenvalue weighted by molar-refractivity contribution is 0.138. The van der Waals surface area contributed by atoms with Gasteiger partial charge in [0.25, 0.3) is 0 Å². The van der Waals surface area contributed by atoms with Gasteiger partial charge in [-0.1, -0.05) is 6.42 Å². The molecule has 0 aliphatic heterocycles. The number of aliphatic hydroxyl groups is 1. The van der Waals surface area contributed by atoms with Crippen LogP contribution >= 0.6 is 0 Å². The Bertz CT molecular complexity index is 332. The molecular formula is C11H15FN2O. The van der Waals surface area contributed by atoms with Crippen molar-refractivity contribution in [2.75, 3.05) is 11.9 Å². The fraction of sp³-hybridized carbons (Fsp3) is 0.545. The summed E-state index contributed by atoms with van der Waals surface area (Å²) in [5.41, 5.74) is 0. The van der Waals surface area contributed by atoms with Gasteiger partial charge in [-0.25, -0.2) is 9.37 Å². The zero-order chi connectivity index (χ0) is 10.7. The van der Waals surface area contributed by atoms with Crippen LogP contribution in [0.5, 0.6) is 0 Å². The Morgan fingerprint density at radius 2 is 2.40 bits per heavy atom. The van der Waals surface area contributed by atoms with E-state index >= 15 is 0 Å². The monoisotopic (exact) mass is 210 g/mol. The largest absolute Gasteiger partial charge is 0.393 e. The van der Waals surface area contributed by atoms with Crippen LogP contribution in [0, 0.1) is 11.7 Å². The van der Waals surface area contributed by atoms with Crippen molar-refractivity contribution < 1.29 is 9.50 Å². The summed E-state index contributed by atoms with van der Waals surface area (Å²) in [4.78, 5) is 3.90. The van der Waals surface area contributed by atoms with E-state index in [2.05, 4.69) is 10.3 Å². The van der Waals surface area contributed by atoms with Crippen molar-refractivity contribution >= 4 is 5.82 Å². The van der Waals surface area contributed by atoms with Crippen LogP contribution in [-0.2, 0) is 0 Å². The Morgan fingerprint density at radius 3 is 3.07 bits per heavy atom. The number of rotatable bonds is 3. The van der Waals surface area contributed by atoms with Gasteiger partial charge in [-0.15, -0.1) is 0 Å². The fourth-order valence-corrected chi connectivity index (χ4v) is 2.00. The molecule has 2 atom stereocenters. The molecule has 3 nitrogen and oxygen atoms in total. The molecule has 0 spiro atoms. The van der Waals surface area contributed by atoms with Crippen LogP contribution in [0.15, 0.2) is 18.3 Å². The SMILES string of the molecule is OC1CCCC1CNc1ncccc1F. The molecule has 1 aromatic rings. The highest BCUT2D eigenvalue weighted by Gasteiger charge is 2.24. The van der Waals surface area contributed by atoms with Crippen molar-refractivity contribution in [3.05, 3.63) is 24.1 Å². The molecule has 1 fully saturated rings. The number of nitrogens with zero attached hydrogens (tertiary/aromatic N) is 1. The van der Waals surface area contributed by atoms with Gasteiger partial charge in [0.05, 0.1) is 6.10 Å². The average Bonchev–Trinajstić information content (AvgIpc) is 2.63. The summed E-state index contributed by atoms with van der Waals surface area (Å²) in [5.74, 6) is 0.160. The Labute approximate surface area is 88.3 Å². The average molecular weight is 210 g/mol. The highest BCUT2D eigenvalue weighted by molar-refractivity contribution is 5.35. The Hall–Kier alpha value is -1.16. The number of hydrogen-bond donors (Lipinski definition) is 2. The van der Waals surface area contributed by atoms with Gasteiger partial charge in [-0.2, -0.15) is 0 Å². The van der Waals surface area contributed by atoms with Gasteiger partial charge in [-0.3, -0.25) is 0 Å². The Balaban J connectivity index is 1.90. The minimum absolute atomic E-state index is 0.228. The second-order valence-corrected chi connectivity index (χ2v) is 3.97. The molecule has 0 saturated heterocycles. The molecule has 2 N–H and O–H groups in total. The smallest absolute Gasteiger partial charge is 0.165 e. The van der Waals surface area contributed by atoms with E-state index in [0.29, 0.717) is 6.54 Å². The first-order chi connectivity index (χ1) is 7.27. The number of pyridine rings is 1. The molecule has 0 amide bonds. The molecule has 1 aromatic heterocycles. The lowest BCUT2D eigenvalue weighted by atomic mass is 10.1. The van der Waals surface area contributed by atoms with E-state index in [1.54, 1.807) is 12.3 Å². The summed E-state index contributed by atoms with van der Waals surface area (Å²) in [6, 6.07) is 2.94. The molecule has 2 unspecified atom stereocenters. The van der Waals surface area contributed by atoms with Gasteiger partial charge in [-0.05, 0) is 25.0 Å². The van der Waals surface area contributed by atoms with Crippen LogP contribution < -0.4 is 5.32 Å². The molecule has 82 valence electrons. The molecule has 15 heavy (non-hydrogen) atoms. The second-order valence-electron chi connectivity index (χ2n) is 3.97. The van der Waals surface area contributed by atoms with Crippen molar-refractivity contribution in [3.63, 3.8) is 0 Å². The number of aromatic nitrogens is 1. The molecule has 0 bridgehead atoms. The van der Waals surface area contributed by atoms with Crippen LogP contribution in [0.2, 0.25) is 0 Å². The molecule has 1 saturated carbocycles. The fourth-order valence-electron chi connectivity index (χ4n) is 2.00. The van der Waals surface area contributed by atoms with E-state index in [4.69, 9.17) is 0 Å². The summed E-state index contributed by atoms with van der Waals surface area (Å²) in [7, 11) is 0. The number of anilines is 1. The molecule has 1 heterocycles. The van der Waals surface area contributed by atoms with Crippen LogP contribution in [0.1, 0.15) is 19.3 Å². The van der Waals surface area contributed by atoms with Crippen molar-refractivity contribution in [1.82, 2.24) is 4.98 Å². The third-order valence-corrected chi connectivity index (χ3v) is 2.91. The molecule has 0 aromatic carbocycles. The third kappa shape index (κ3) is 2.45. The predicted octanol–water partition coefficient (Wildman–Crippen LogP) is 1.79. The first-order valence-electron chi connectivity index (χ1n) is 5.30. The number of nitrogens with one attached hydrogen (secondary N) is 1. The van der Waals surface area contributed by atoms with Gasteiger partial charge in [0.1, 0.15) is 0 Å². The number of halogens is 1. The summed E-state index contributed by atoms with van der Waals surface area (Å²) < 4.78 is 13.2. The topological polar surface area (TPSA) is 45.1 Å². The maximum Gasteiger partial charge on any atom is 0.165 e. The molecule has 2 rings (SSSR count). The van der Waals surface area contributed by atoms with Crippen LogP contribution in [0.25, 0.3) is 0 Å². The summed E-state index contributed by atoms with van der Waals surface area (Å²) >= 11 is 0.